The molecule has 7 nitrogen and oxygen atoms in total. The Bertz CT molecular complexity index is 1390. The highest BCUT2D eigenvalue weighted by molar-refractivity contribution is 6.51. The van der Waals surface area contributed by atoms with E-state index in [2.05, 4.69) is 18.7 Å². The van der Waals surface area contributed by atoms with Crippen LogP contribution in [0.3, 0.4) is 0 Å². The van der Waals surface area contributed by atoms with Crippen LogP contribution in [-0.4, -0.2) is 44.1 Å². The molecule has 0 radical (unpaired) electrons. The average Bonchev–Trinajstić information content (AvgIpc) is 3.23. The molecule has 1 atom stereocenters. The Balaban J connectivity index is 1.91. The number of amides is 1. The van der Waals surface area contributed by atoms with E-state index in [9.17, 15) is 14.7 Å². The minimum atomic E-state index is -0.844. The topological polar surface area (TPSA) is 79.3 Å². The van der Waals surface area contributed by atoms with Crippen molar-refractivity contribution in [2.24, 2.45) is 0 Å². The van der Waals surface area contributed by atoms with E-state index in [4.69, 9.17) is 9.47 Å². The lowest BCUT2D eigenvalue weighted by Gasteiger charge is -2.27. The Morgan fingerprint density at radius 2 is 1.64 bits per heavy atom. The molecule has 3 aromatic rings. The normalized spacial score (nSPS) is 16.6. The molecule has 4 rings (SSSR count). The number of methoxy groups -OCH3 is 2. The van der Waals surface area contributed by atoms with Gasteiger partial charge in [0.25, 0.3) is 11.7 Å². The first-order valence-corrected chi connectivity index (χ1v) is 13.2. The van der Waals surface area contributed by atoms with Gasteiger partial charge in [-0.3, -0.25) is 14.5 Å². The number of carbonyl (C=O) groups excluding carboxylic acids is 2. The number of aliphatic hydroxyl groups is 1. The van der Waals surface area contributed by atoms with Crippen LogP contribution in [0, 0.1) is 0 Å². The van der Waals surface area contributed by atoms with Gasteiger partial charge >= 0.3 is 0 Å². The Kier molecular flexibility index (Phi) is 8.29. The third-order valence-corrected chi connectivity index (χ3v) is 7.24. The molecule has 1 saturated heterocycles. The van der Waals surface area contributed by atoms with Gasteiger partial charge in [0.05, 0.1) is 25.8 Å². The number of anilines is 2. The van der Waals surface area contributed by atoms with Crippen LogP contribution in [0.1, 0.15) is 56.3 Å². The summed E-state index contributed by atoms with van der Waals surface area (Å²) < 4.78 is 10.9. The van der Waals surface area contributed by atoms with Crippen molar-refractivity contribution >= 4 is 28.8 Å². The Morgan fingerprint density at radius 1 is 0.949 bits per heavy atom. The Labute approximate surface area is 230 Å². The molecule has 0 aromatic heterocycles. The number of hydrogen-bond donors (Lipinski definition) is 1. The molecule has 1 heterocycles. The number of ketones is 1. The van der Waals surface area contributed by atoms with Gasteiger partial charge in [0.15, 0.2) is 0 Å². The summed E-state index contributed by atoms with van der Waals surface area (Å²) in [6.45, 7) is 9.93. The molecule has 0 saturated carbocycles. The number of carbonyl (C=O) groups is 2. The summed E-state index contributed by atoms with van der Waals surface area (Å²) >= 11 is 0. The molecule has 1 aliphatic rings. The smallest absolute Gasteiger partial charge is 0.300 e. The molecule has 1 aliphatic heterocycles. The van der Waals surface area contributed by atoms with Gasteiger partial charge in [-0.15, -0.1) is 0 Å². The van der Waals surface area contributed by atoms with E-state index >= 15 is 0 Å². The summed E-state index contributed by atoms with van der Waals surface area (Å²) in [6, 6.07) is 19.2. The summed E-state index contributed by atoms with van der Waals surface area (Å²) in [4.78, 5) is 30.8. The van der Waals surface area contributed by atoms with Crippen LogP contribution in [0.15, 0.2) is 72.3 Å². The van der Waals surface area contributed by atoms with Gasteiger partial charge in [-0.05, 0) is 85.5 Å². The first-order valence-electron chi connectivity index (χ1n) is 13.2. The van der Waals surface area contributed by atoms with Gasteiger partial charge in [-0.1, -0.05) is 26.0 Å². The first-order chi connectivity index (χ1) is 18.7. The highest BCUT2D eigenvalue weighted by atomic mass is 16.5. The summed E-state index contributed by atoms with van der Waals surface area (Å²) in [6.07, 6.45) is 0. The van der Waals surface area contributed by atoms with Gasteiger partial charge in [0.1, 0.15) is 17.3 Å². The van der Waals surface area contributed by atoms with Gasteiger partial charge < -0.3 is 19.5 Å². The maximum atomic E-state index is 13.6. The molecule has 1 N–H and O–H groups in total. The molecule has 0 spiro atoms. The number of hydrogen-bond acceptors (Lipinski definition) is 6. The van der Waals surface area contributed by atoms with Crippen molar-refractivity contribution in [3.63, 3.8) is 0 Å². The third kappa shape index (κ3) is 5.21. The lowest BCUT2D eigenvalue weighted by molar-refractivity contribution is -0.132. The van der Waals surface area contributed by atoms with Crippen molar-refractivity contribution < 1.29 is 24.2 Å². The number of nitrogens with zero attached hydrogens (tertiary/aromatic N) is 2. The van der Waals surface area contributed by atoms with Crippen molar-refractivity contribution in [3.05, 3.63) is 89.0 Å². The van der Waals surface area contributed by atoms with E-state index in [1.54, 1.807) is 38.5 Å². The highest BCUT2D eigenvalue weighted by Gasteiger charge is 2.47. The maximum absolute atomic E-state index is 13.6. The molecule has 0 bridgehead atoms. The zero-order chi connectivity index (χ0) is 28.3. The van der Waals surface area contributed by atoms with Crippen molar-refractivity contribution in [3.8, 4) is 11.5 Å². The number of Topliss-reactive ketones (excluding diaryl/α,β-unsaturated/α-hetero) is 1. The maximum Gasteiger partial charge on any atom is 0.300 e. The molecule has 1 fully saturated rings. The molecular weight excluding hydrogens is 492 g/mol. The Hall–Kier alpha value is -4.26. The Morgan fingerprint density at radius 3 is 2.23 bits per heavy atom. The SMILES string of the molecule is CCN(CC)c1ccc(N2C(=O)C(=O)/C(=C(\O)c3ccc(OC)c(C(C)C)c3)C2c2cccc(OC)c2)cc1. The van der Waals surface area contributed by atoms with E-state index in [1.807, 2.05) is 56.3 Å². The van der Waals surface area contributed by atoms with Crippen molar-refractivity contribution in [1.82, 2.24) is 0 Å². The van der Waals surface area contributed by atoms with Crippen LogP contribution in [-0.2, 0) is 9.59 Å². The van der Waals surface area contributed by atoms with Crippen LogP contribution < -0.4 is 19.3 Å². The molecule has 7 heteroatoms. The lowest BCUT2D eigenvalue weighted by atomic mass is 9.93. The molecule has 39 heavy (non-hydrogen) atoms. The lowest BCUT2D eigenvalue weighted by Crippen LogP contribution is -2.29. The standard InChI is InChI=1S/C32H36N2O5/c1-7-33(8-2)23-13-15-24(16-14-23)34-29(21-10-9-11-25(18-21)38-5)28(31(36)32(34)37)30(35)22-12-17-27(39-6)26(19-22)20(3)4/h9-20,29,35H,7-8H2,1-6H3/b30-28-. The minimum Gasteiger partial charge on any atom is -0.507 e. The third-order valence-electron chi connectivity index (χ3n) is 7.24. The molecule has 1 unspecified atom stereocenters. The quantitative estimate of drug-likeness (QED) is 0.200. The summed E-state index contributed by atoms with van der Waals surface area (Å²) in [5, 5.41) is 11.6. The monoisotopic (exact) mass is 528 g/mol. The molecule has 3 aromatic carbocycles. The summed E-state index contributed by atoms with van der Waals surface area (Å²) in [5.74, 6) is -0.268. The van der Waals surface area contributed by atoms with Crippen molar-refractivity contribution in [1.29, 1.82) is 0 Å². The van der Waals surface area contributed by atoms with E-state index < -0.39 is 17.7 Å². The molecule has 0 aliphatic carbocycles. The molecular formula is C32H36N2O5. The minimum absolute atomic E-state index is 0.0287. The highest BCUT2D eigenvalue weighted by Crippen LogP contribution is 2.43. The fourth-order valence-corrected chi connectivity index (χ4v) is 5.13. The molecule has 204 valence electrons. The summed E-state index contributed by atoms with van der Waals surface area (Å²) in [5.41, 5.74) is 3.61. The fraction of sp³-hybridized carbons (Fsp3) is 0.312. The number of aliphatic hydroxyl groups excluding tert-OH is 1. The van der Waals surface area contributed by atoms with Gasteiger partial charge in [-0.2, -0.15) is 0 Å². The number of ether oxygens (including phenoxy) is 2. The van der Waals surface area contributed by atoms with Crippen LogP contribution in [0.5, 0.6) is 11.5 Å². The van der Waals surface area contributed by atoms with Crippen LogP contribution >= 0.6 is 0 Å². The number of rotatable bonds is 9. The van der Waals surface area contributed by atoms with Crippen molar-refractivity contribution in [2.75, 3.05) is 37.1 Å². The second-order valence-electron chi connectivity index (χ2n) is 9.75. The van der Waals surface area contributed by atoms with E-state index in [1.165, 1.54) is 4.90 Å². The largest absolute Gasteiger partial charge is 0.507 e. The fourth-order valence-electron chi connectivity index (χ4n) is 5.13. The zero-order valence-electron chi connectivity index (χ0n) is 23.4. The summed E-state index contributed by atoms with van der Waals surface area (Å²) in [7, 11) is 3.16. The van der Waals surface area contributed by atoms with E-state index in [-0.39, 0.29) is 17.3 Å². The first kappa shape index (κ1) is 27.8. The van der Waals surface area contributed by atoms with E-state index in [0.717, 1.165) is 24.3 Å². The average molecular weight is 529 g/mol. The van der Waals surface area contributed by atoms with E-state index in [0.29, 0.717) is 28.3 Å². The van der Waals surface area contributed by atoms with Crippen molar-refractivity contribution in [2.45, 2.75) is 39.7 Å². The predicted molar refractivity (Wildman–Crippen MR) is 155 cm³/mol. The van der Waals surface area contributed by atoms with Gasteiger partial charge in [0, 0.05) is 30.0 Å². The second-order valence-corrected chi connectivity index (χ2v) is 9.75. The van der Waals surface area contributed by atoms with Gasteiger partial charge in [0.2, 0.25) is 0 Å². The van der Waals surface area contributed by atoms with Gasteiger partial charge in [-0.25, -0.2) is 0 Å². The predicted octanol–water partition coefficient (Wildman–Crippen LogP) is 6.30. The second kappa shape index (κ2) is 11.6. The molecule has 1 amide bonds. The number of benzene rings is 3. The zero-order valence-corrected chi connectivity index (χ0v) is 23.4. The van der Waals surface area contributed by atoms with Crippen LogP contribution in [0.4, 0.5) is 11.4 Å². The van der Waals surface area contributed by atoms with Crippen LogP contribution in [0.2, 0.25) is 0 Å². The van der Waals surface area contributed by atoms with Crippen LogP contribution in [0.25, 0.3) is 5.76 Å².